The van der Waals surface area contributed by atoms with Crippen LogP contribution < -0.4 is 15.2 Å². The minimum Gasteiger partial charge on any atom is -0.493 e. The summed E-state index contributed by atoms with van der Waals surface area (Å²) in [6, 6.07) is 9.43. The van der Waals surface area contributed by atoms with Crippen molar-refractivity contribution in [3.8, 4) is 22.8 Å². The Morgan fingerprint density at radius 1 is 1.00 bits per heavy atom. The lowest BCUT2D eigenvalue weighted by atomic mass is 9.98. The van der Waals surface area contributed by atoms with Crippen LogP contribution in [0.1, 0.15) is 32.1 Å². The molecule has 0 amide bonds. The standard InChI is InChI=1S/C17H21N3O2/c1-21-15-9-7-12(14-8-10-17(18)20-19-14)11-16(15)22-13-5-3-2-4-6-13/h7-11,13H,2-6H2,1H3,(H2,18,20). The predicted octanol–water partition coefficient (Wildman–Crippen LogP) is 3.45. The highest BCUT2D eigenvalue weighted by molar-refractivity contribution is 5.64. The number of rotatable bonds is 4. The fraction of sp³-hybridized carbons (Fsp3) is 0.412. The van der Waals surface area contributed by atoms with E-state index in [9.17, 15) is 0 Å². The van der Waals surface area contributed by atoms with E-state index in [1.165, 1.54) is 19.3 Å². The third-order valence-corrected chi connectivity index (χ3v) is 3.99. The number of benzene rings is 1. The minimum absolute atomic E-state index is 0.274. The van der Waals surface area contributed by atoms with Gasteiger partial charge in [0.15, 0.2) is 11.5 Å². The summed E-state index contributed by atoms with van der Waals surface area (Å²) < 4.78 is 11.6. The van der Waals surface area contributed by atoms with Crippen molar-refractivity contribution in [3.63, 3.8) is 0 Å². The molecule has 116 valence electrons. The molecule has 2 N–H and O–H groups in total. The molecule has 3 rings (SSSR count). The van der Waals surface area contributed by atoms with Crippen molar-refractivity contribution in [3.05, 3.63) is 30.3 Å². The molecule has 1 heterocycles. The molecule has 0 unspecified atom stereocenters. The Labute approximate surface area is 130 Å². The summed E-state index contributed by atoms with van der Waals surface area (Å²) in [6.07, 6.45) is 6.25. The number of hydrogen-bond acceptors (Lipinski definition) is 5. The van der Waals surface area contributed by atoms with E-state index in [0.29, 0.717) is 5.82 Å². The number of anilines is 1. The minimum atomic E-state index is 0.274. The number of nitrogens with zero attached hydrogens (tertiary/aromatic N) is 2. The molecule has 1 saturated carbocycles. The Morgan fingerprint density at radius 2 is 1.82 bits per heavy atom. The molecule has 0 atom stereocenters. The molecule has 1 fully saturated rings. The van der Waals surface area contributed by atoms with Crippen molar-refractivity contribution < 1.29 is 9.47 Å². The number of ether oxygens (including phenoxy) is 2. The quantitative estimate of drug-likeness (QED) is 0.936. The van der Waals surface area contributed by atoms with Gasteiger partial charge in [-0.3, -0.25) is 0 Å². The Bertz CT molecular complexity index is 622. The smallest absolute Gasteiger partial charge is 0.162 e. The molecule has 0 aliphatic heterocycles. The summed E-state index contributed by atoms with van der Waals surface area (Å²) in [5, 5.41) is 8.02. The average Bonchev–Trinajstić information content (AvgIpc) is 2.56. The molecule has 5 heteroatoms. The first-order valence-electron chi connectivity index (χ1n) is 7.70. The lowest BCUT2D eigenvalue weighted by molar-refractivity contribution is 0.149. The highest BCUT2D eigenvalue weighted by Crippen LogP contribution is 2.34. The molecule has 0 spiro atoms. The van der Waals surface area contributed by atoms with Gasteiger partial charge in [-0.15, -0.1) is 10.2 Å². The molecule has 5 nitrogen and oxygen atoms in total. The Morgan fingerprint density at radius 3 is 2.50 bits per heavy atom. The molecule has 1 aliphatic rings. The number of aromatic nitrogens is 2. The molecule has 1 aromatic carbocycles. The van der Waals surface area contributed by atoms with Crippen molar-refractivity contribution in [2.24, 2.45) is 0 Å². The maximum Gasteiger partial charge on any atom is 0.162 e. The summed E-state index contributed by atoms with van der Waals surface area (Å²) >= 11 is 0. The van der Waals surface area contributed by atoms with E-state index in [4.69, 9.17) is 15.2 Å². The first kappa shape index (κ1) is 14.6. The fourth-order valence-electron chi connectivity index (χ4n) is 2.79. The van der Waals surface area contributed by atoms with Crippen LogP contribution in [0.25, 0.3) is 11.3 Å². The van der Waals surface area contributed by atoms with Crippen molar-refractivity contribution in [1.29, 1.82) is 0 Å². The number of nitrogens with two attached hydrogens (primary N) is 1. The zero-order valence-electron chi connectivity index (χ0n) is 12.8. The normalized spacial score (nSPS) is 15.5. The largest absolute Gasteiger partial charge is 0.493 e. The second kappa shape index (κ2) is 6.64. The van der Waals surface area contributed by atoms with Crippen molar-refractivity contribution in [2.75, 3.05) is 12.8 Å². The molecular formula is C17H21N3O2. The van der Waals surface area contributed by atoms with Crippen LogP contribution in [0.3, 0.4) is 0 Å². The van der Waals surface area contributed by atoms with Gasteiger partial charge in [-0.2, -0.15) is 0 Å². The molecular weight excluding hydrogens is 278 g/mol. The monoisotopic (exact) mass is 299 g/mol. The summed E-state index contributed by atoms with van der Waals surface area (Å²) in [6.45, 7) is 0. The van der Waals surface area contributed by atoms with Crippen molar-refractivity contribution in [2.45, 2.75) is 38.2 Å². The summed E-state index contributed by atoms with van der Waals surface area (Å²) in [4.78, 5) is 0. The molecule has 0 radical (unpaired) electrons. The highest BCUT2D eigenvalue weighted by Gasteiger charge is 2.17. The average molecular weight is 299 g/mol. The summed E-state index contributed by atoms with van der Waals surface area (Å²) in [5.74, 6) is 1.93. The SMILES string of the molecule is COc1ccc(-c2ccc(N)nn2)cc1OC1CCCCC1. The highest BCUT2D eigenvalue weighted by atomic mass is 16.5. The lowest BCUT2D eigenvalue weighted by Crippen LogP contribution is -2.19. The van der Waals surface area contributed by atoms with E-state index < -0.39 is 0 Å². The second-order valence-corrected chi connectivity index (χ2v) is 5.59. The Hall–Kier alpha value is -2.30. The second-order valence-electron chi connectivity index (χ2n) is 5.59. The molecule has 22 heavy (non-hydrogen) atoms. The van der Waals surface area contributed by atoms with Crippen molar-refractivity contribution >= 4 is 5.82 Å². The van der Waals surface area contributed by atoms with Gasteiger partial charge in [0, 0.05) is 5.56 Å². The van der Waals surface area contributed by atoms with E-state index in [1.807, 2.05) is 24.3 Å². The lowest BCUT2D eigenvalue weighted by Gasteiger charge is -2.24. The first-order valence-corrected chi connectivity index (χ1v) is 7.70. The third-order valence-electron chi connectivity index (χ3n) is 3.99. The van der Waals surface area contributed by atoms with Gasteiger partial charge in [0.2, 0.25) is 0 Å². The van der Waals surface area contributed by atoms with Crippen LogP contribution in [0.5, 0.6) is 11.5 Å². The van der Waals surface area contributed by atoms with Gasteiger partial charge >= 0.3 is 0 Å². The van der Waals surface area contributed by atoms with Crippen LogP contribution >= 0.6 is 0 Å². The van der Waals surface area contributed by atoms with Gasteiger partial charge in [-0.1, -0.05) is 6.42 Å². The number of nitrogen functional groups attached to an aromatic ring is 1. The van der Waals surface area contributed by atoms with Gasteiger partial charge in [0.25, 0.3) is 0 Å². The van der Waals surface area contributed by atoms with Crippen LogP contribution in [-0.4, -0.2) is 23.4 Å². The van der Waals surface area contributed by atoms with E-state index in [-0.39, 0.29) is 6.10 Å². The number of hydrogen-bond donors (Lipinski definition) is 1. The Balaban J connectivity index is 1.86. The molecule has 2 aromatic rings. The van der Waals surface area contributed by atoms with Gasteiger partial charge < -0.3 is 15.2 Å². The third kappa shape index (κ3) is 3.30. The maximum absolute atomic E-state index is 6.17. The topological polar surface area (TPSA) is 70.3 Å². The van der Waals surface area contributed by atoms with Crippen LogP contribution in [0.15, 0.2) is 30.3 Å². The molecule has 0 saturated heterocycles. The summed E-state index contributed by atoms with van der Waals surface area (Å²) in [5.41, 5.74) is 7.30. The van der Waals surface area contributed by atoms with Gasteiger partial charge in [-0.05, 0) is 56.0 Å². The fourth-order valence-corrected chi connectivity index (χ4v) is 2.79. The first-order chi connectivity index (χ1) is 10.8. The molecule has 0 bridgehead atoms. The van der Waals surface area contributed by atoms with E-state index in [0.717, 1.165) is 35.6 Å². The van der Waals surface area contributed by atoms with Crippen LogP contribution in [0, 0.1) is 0 Å². The molecule has 1 aromatic heterocycles. The van der Waals surface area contributed by atoms with Crippen LogP contribution in [0.2, 0.25) is 0 Å². The van der Waals surface area contributed by atoms with E-state index >= 15 is 0 Å². The predicted molar refractivity (Wildman–Crippen MR) is 85.9 cm³/mol. The summed E-state index contributed by atoms with van der Waals surface area (Å²) in [7, 11) is 1.66. The van der Waals surface area contributed by atoms with Gasteiger partial charge in [0.05, 0.1) is 18.9 Å². The van der Waals surface area contributed by atoms with E-state index in [2.05, 4.69) is 10.2 Å². The Kier molecular flexibility index (Phi) is 4.42. The molecule has 1 aliphatic carbocycles. The van der Waals surface area contributed by atoms with Gasteiger partial charge in [0.1, 0.15) is 5.82 Å². The van der Waals surface area contributed by atoms with Crippen LogP contribution in [0.4, 0.5) is 5.82 Å². The number of methoxy groups -OCH3 is 1. The maximum atomic E-state index is 6.17. The van der Waals surface area contributed by atoms with Gasteiger partial charge in [-0.25, -0.2) is 0 Å². The zero-order valence-corrected chi connectivity index (χ0v) is 12.8. The van der Waals surface area contributed by atoms with Crippen LogP contribution in [-0.2, 0) is 0 Å². The zero-order chi connectivity index (χ0) is 15.4. The van der Waals surface area contributed by atoms with E-state index in [1.54, 1.807) is 13.2 Å². The van der Waals surface area contributed by atoms with Crippen molar-refractivity contribution in [1.82, 2.24) is 10.2 Å².